The van der Waals surface area contributed by atoms with Crippen LogP contribution in [0.2, 0.25) is 0 Å². The number of nitrogens with one attached hydrogen (secondary N) is 1. The molecule has 23 heavy (non-hydrogen) atoms. The zero-order valence-electron chi connectivity index (χ0n) is 14.0. The Bertz CT molecular complexity index is 654. The number of rotatable bonds is 8. The highest BCUT2D eigenvalue weighted by molar-refractivity contribution is 7.99. The van der Waals surface area contributed by atoms with Crippen molar-refractivity contribution in [3.8, 4) is 0 Å². The Morgan fingerprint density at radius 1 is 1.30 bits per heavy atom. The highest BCUT2D eigenvalue weighted by Gasteiger charge is 2.10. The molecule has 6 heteroatoms. The SMILES string of the molecule is CCCCCn1cnnc1SCC(=O)Nc1cccc(C)c1C. The molecule has 0 aliphatic heterocycles. The standard InChI is InChI=1S/C17H24N4OS/c1-4-5-6-10-21-12-18-20-17(21)23-11-16(22)19-15-9-7-8-13(2)14(15)3/h7-9,12H,4-6,10-11H2,1-3H3,(H,19,22). The van der Waals surface area contributed by atoms with Gasteiger partial charge < -0.3 is 9.88 Å². The topological polar surface area (TPSA) is 59.8 Å². The van der Waals surface area contributed by atoms with Crippen molar-refractivity contribution in [3.63, 3.8) is 0 Å². The molecule has 124 valence electrons. The number of carbonyl (C=O) groups excluding carboxylic acids is 1. The molecular formula is C17H24N4OS. The Kier molecular flexibility index (Phi) is 6.65. The van der Waals surface area contributed by atoms with Gasteiger partial charge in [0.1, 0.15) is 6.33 Å². The van der Waals surface area contributed by atoms with E-state index in [9.17, 15) is 4.79 Å². The van der Waals surface area contributed by atoms with E-state index >= 15 is 0 Å². The Balaban J connectivity index is 1.87. The van der Waals surface area contributed by atoms with Crippen molar-refractivity contribution in [2.75, 3.05) is 11.1 Å². The number of benzene rings is 1. The third-order valence-corrected chi connectivity index (χ3v) is 4.77. The highest BCUT2D eigenvalue weighted by atomic mass is 32.2. The van der Waals surface area contributed by atoms with E-state index in [-0.39, 0.29) is 5.91 Å². The van der Waals surface area contributed by atoms with Crippen LogP contribution in [0.4, 0.5) is 5.69 Å². The van der Waals surface area contributed by atoms with Crippen LogP contribution in [0.15, 0.2) is 29.7 Å². The Labute approximate surface area is 141 Å². The molecule has 0 bridgehead atoms. The van der Waals surface area contributed by atoms with Crippen LogP contribution in [0.5, 0.6) is 0 Å². The van der Waals surface area contributed by atoms with Gasteiger partial charge in [-0.05, 0) is 37.5 Å². The number of carbonyl (C=O) groups is 1. The fourth-order valence-corrected chi connectivity index (χ4v) is 2.99. The maximum absolute atomic E-state index is 12.2. The first-order valence-electron chi connectivity index (χ1n) is 7.98. The summed E-state index contributed by atoms with van der Waals surface area (Å²) in [5, 5.41) is 11.8. The van der Waals surface area contributed by atoms with Crippen molar-refractivity contribution in [2.24, 2.45) is 0 Å². The summed E-state index contributed by atoms with van der Waals surface area (Å²) in [4.78, 5) is 12.2. The van der Waals surface area contributed by atoms with Gasteiger partial charge in [0.25, 0.3) is 0 Å². The number of hydrogen-bond donors (Lipinski definition) is 1. The van der Waals surface area contributed by atoms with Crippen LogP contribution in [-0.2, 0) is 11.3 Å². The minimum atomic E-state index is -0.0215. The maximum Gasteiger partial charge on any atom is 0.234 e. The predicted octanol–water partition coefficient (Wildman–Crippen LogP) is 3.82. The molecule has 0 saturated carbocycles. The first-order valence-corrected chi connectivity index (χ1v) is 8.97. The van der Waals surface area contributed by atoms with Crippen LogP contribution in [-0.4, -0.2) is 26.4 Å². The summed E-state index contributed by atoms with van der Waals surface area (Å²) in [6, 6.07) is 5.92. The molecule has 0 aliphatic rings. The summed E-state index contributed by atoms with van der Waals surface area (Å²) in [6.45, 7) is 7.14. The second-order valence-electron chi connectivity index (χ2n) is 5.60. The van der Waals surface area contributed by atoms with Crippen LogP contribution in [0, 0.1) is 13.8 Å². The van der Waals surface area contributed by atoms with E-state index in [1.54, 1.807) is 6.33 Å². The molecule has 1 aromatic carbocycles. The van der Waals surface area contributed by atoms with Crippen LogP contribution in [0.25, 0.3) is 0 Å². The summed E-state index contributed by atoms with van der Waals surface area (Å²) >= 11 is 1.43. The van der Waals surface area contributed by atoms with Gasteiger partial charge in [-0.2, -0.15) is 0 Å². The predicted molar refractivity (Wildman–Crippen MR) is 94.8 cm³/mol. The van der Waals surface area contributed by atoms with Crippen LogP contribution in [0.1, 0.15) is 37.3 Å². The fourth-order valence-electron chi connectivity index (χ4n) is 2.24. The lowest BCUT2D eigenvalue weighted by atomic mass is 10.1. The average Bonchev–Trinajstić information content (AvgIpc) is 2.98. The minimum Gasteiger partial charge on any atom is -0.325 e. The second kappa shape index (κ2) is 8.72. The zero-order chi connectivity index (χ0) is 16.7. The van der Waals surface area contributed by atoms with Crippen molar-refractivity contribution < 1.29 is 4.79 Å². The smallest absolute Gasteiger partial charge is 0.234 e. The number of aromatic nitrogens is 3. The number of unbranched alkanes of at least 4 members (excludes halogenated alkanes) is 2. The van der Waals surface area contributed by atoms with Gasteiger partial charge in [0.15, 0.2) is 5.16 Å². The fraction of sp³-hybridized carbons (Fsp3) is 0.471. The van der Waals surface area contributed by atoms with Crippen molar-refractivity contribution in [2.45, 2.75) is 51.7 Å². The molecule has 1 heterocycles. The molecule has 2 rings (SSSR count). The molecule has 0 radical (unpaired) electrons. The summed E-state index contributed by atoms with van der Waals surface area (Å²) in [5.74, 6) is 0.312. The van der Waals surface area contributed by atoms with Gasteiger partial charge in [0.2, 0.25) is 5.91 Å². The summed E-state index contributed by atoms with van der Waals surface area (Å²) < 4.78 is 2.02. The number of anilines is 1. The molecule has 0 unspecified atom stereocenters. The van der Waals surface area contributed by atoms with E-state index < -0.39 is 0 Å². The lowest BCUT2D eigenvalue weighted by Gasteiger charge is -2.10. The summed E-state index contributed by atoms with van der Waals surface area (Å²) in [7, 11) is 0. The monoisotopic (exact) mass is 332 g/mol. The highest BCUT2D eigenvalue weighted by Crippen LogP contribution is 2.20. The third-order valence-electron chi connectivity index (χ3n) is 3.79. The Morgan fingerprint density at radius 3 is 2.91 bits per heavy atom. The Morgan fingerprint density at radius 2 is 2.13 bits per heavy atom. The van der Waals surface area contributed by atoms with Crippen molar-refractivity contribution in [1.82, 2.24) is 14.8 Å². The van der Waals surface area contributed by atoms with Crippen LogP contribution in [0.3, 0.4) is 0 Å². The lowest BCUT2D eigenvalue weighted by molar-refractivity contribution is -0.113. The van der Waals surface area contributed by atoms with Gasteiger partial charge in [-0.25, -0.2) is 0 Å². The first-order chi connectivity index (χ1) is 11.1. The molecule has 0 atom stereocenters. The summed E-state index contributed by atoms with van der Waals surface area (Å²) in [6.07, 6.45) is 5.22. The molecule has 2 aromatic rings. The summed E-state index contributed by atoms with van der Waals surface area (Å²) in [5.41, 5.74) is 3.15. The van der Waals surface area contributed by atoms with Gasteiger partial charge >= 0.3 is 0 Å². The molecule has 1 N–H and O–H groups in total. The molecule has 0 saturated heterocycles. The van der Waals surface area contributed by atoms with Crippen LogP contribution < -0.4 is 5.32 Å². The molecular weight excluding hydrogens is 308 g/mol. The van der Waals surface area contributed by atoms with E-state index in [4.69, 9.17) is 0 Å². The molecule has 0 spiro atoms. The second-order valence-corrected chi connectivity index (χ2v) is 6.54. The molecule has 1 aromatic heterocycles. The lowest BCUT2D eigenvalue weighted by Crippen LogP contribution is -2.15. The number of amides is 1. The zero-order valence-corrected chi connectivity index (χ0v) is 14.8. The first kappa shape index (κ1) is 17.5. The average molecular weight is 332 g/mol. The third kappa shape index (κ3) is 5.10. The van der Waals surface area contributed by atoms with Crippen LogP contribution >= 0.6 is 11.8 Å². The maximum atomic E-state index is 12.2. The van der Waals surface area contributed by atoms with E-state index in [2.05, 4.69) is 22.4 Å². The van der Waals surface area contributed by atoms with Gasteiger partial charge in [-0.3, -0.25) is 4.79 Å². The molecule has 1 amide bonds. The molecule has 0 aliphatic carbocycles. The normalized spacial score (nSPS) is 10.7. The molecule has 5 nitrogen and oxygen atoms in total. The van der Waals surface area contributed by atoms with E-state index in [1.807, 2.05) is 36.6 Å². The minimum absolute atomic E-state index is 0.0215. The largest absolute Gasteiger partial charge is 0.325 e. The number of nitrogens with zero attached hydrogens (tertiary/aromatic N) is 3. The van der Waals surface area contributed by atoms with Crippen molar-refractivity contribution in [3.05, 3.63) is 35.7 Å². The van der Waals surface area contributed by atoms with E-state index in [0.717, 1.165) is 29.4 Å². The van der Waals surface area contributed by atoms with Crippen molar-refractivity contribution >= 4 is 23.4 Å². The van der Waals surface area contributed by atoms with Gasteiger partial charge in [-0.1, -0.05) is 43.7 Å². The van der Waals surface area contributed by atoms with Crippen molar-refractivity contribution in [1.29, 1.82) is 0 Å². The molecule has 0 fully saturated rings. The van der Waals surface area contributed by atoms with Gasteiger partial charge in [-0.15, -0.1) is 10.2 Å². The number of aryl methyl sites for hydroxylation is 2. The number of thioether (sulfide) groups is 1. The van der Waals surface area contributed by atoms with E-state index in [1.165, 1.54) is 30.2 Å². The quantitative estimate of drug-likeness (QED) is 0.590. The Hall–Kier alpha value is -1.82. The van der Waals surface area contributed by atoms with Gasteiger partial charge in [0, 0.05) is 12.2 Å². The number of hydrogen-bond acceptors (Lipinski definition) is 4. The van der Waals surface area contributed by atoms with Gasteiger partial charge in [0.05, 0.1) is 5.75 Å². The van der Waals surface area contributed by atoms with E-state index in [0.29, 0.717) is 5.75 Å².